The number of para-hydroxylation sites is 2. The van der Waals surface area contributed by atoms with Gasteiger partial charge < -0.3 is 19.1 Å². The summed E-state index contributed by atoms with van der Waals surface area (Å²) in [6.45, 7) is 0.455. The predicted octanol–water partition coefficient (Wildman–Crippen LogP) is 3.29. The Morgan fingerprint density at radius 3 is 2.35 bits per heavy atom. The third-order valence-electron chi connectivity index (χ3n) is 3.19. The average molecular weight is 311 g/mol. The number of aliphatic hydroxyl groups is 1. The number of rotatable bonds is 7. The van der Waals surface area contributed by atoms with Gasteiger partial charge in [-0.3, -0.25) is 0 Å². The Morgan fingerprint density at radius 1 is 0.913 bits per heavy atom. The van der Waals surface area contributed by atoms with E-state index in [1.165, 1.54) is 0 Å². The Bertz CT molecular complexity index is 740. The predicted molar refractivity (Wildman–Crippen MR) is 85.3 cm³/mol. The van der Waals surface area contributed by atoms with Gasteiger partial charge >= 0.3 is 0 Å². The fourth-order valence-corrected chi connectivity index (χ4v) is 2.11. The summed E-state index contributed by atoms with van der Waals surface area (Å²) >= 11 is 0. The van der Waals surface area contributed by atoms with E-state index in [0.29, 0.717) is 23.0 Å². The molecule has 0 bridgehead atoms. The smallest absolute Gasteiger partial charge is 0.167 e. The van der Waals surface area contributed by atoms with E-state index in [4.69, 9.17) is 19.1 Å². The maximum Gasteiger partial charge on any atom is 0.167 e. The lowest BCUT2D eigenvalue weighted by molar-refractivity contribution is 0.191. The first-order chi connectivity index (χ1) is 11.4. The zero-order valence-electron chi connectivity index (χ0n) is 12.5. The molecule has 23 heavy (non-hydrogen) atoms. The van der Waals surface area contributed by atoms with E-state index in [2.05, 4.69) is 5.16 Å². The van der Waals surface area contributed by atoms with E-state index < -0.39 is 0 Å². The van der Waals surface area contributed by atoms with Crippen LogP contribution < -0.4 is 9.47 Å². The second-order valence-corrected chi connectivity index (χ2v) is 4.86. The summed E-state index contributed by atoms with van der Waals surface area (Å²) in [5.41, 5.74) is 1.67. The molecular formula is C18H17NO4. The average Bonchev–Trinajstić information content (AvgIpc) is 3.08. The lowest BCUT2D eigenvalue weighted by Gasteiger charge is -2.10. The van der Waals surface area contributed by atoms with Crippen LogP contribution in [0.3, 0.4) is 0 Å². The molecule has 0 saturated carbocycles. The molecule has 1 aromatic heterocycles. The van der Waals surface area contributed by atoms with Crippen molar-refractivity contribution in [2.24, 2.45) is 0 Å². The third kappa shape index (κ3) is 3.90. The molecule has 1 heterocycles. The second-order valence-electron chi connectivity index (χ2n) is 4.86. The van der Waals surface area contributed by atoms with Gasteiger partial charge in [0.1, 0.15) is 18.9 Å². The summed E-state index contributed by atoms with van der Waals surface area (Å²) in [5.74, 6) is 1.90. The minimum atomic E-state index is -0.0436. The fraction of sp³-hybridized carbons (Fsp3) is 0.167. The first-order valence-electron chi connectivity index (χ1n) is 7.33. The van der Waals surface area contributed by atoms with Crippen LogP contribution in [0.1, 0.15) is 5.69 Å². The van der Waals surface area contributed by atoms with Crippen molar-refractivity contribution in [3.8, 4) is 22.8 Å². The monoisotopic (exact) mass is 311 g/mol. The first-order valence-corrected chi connectivity index (χ1v) is 7.33. The molecule has 3 aromatic rings. The van der Waals surface area contributed by atoms with Crippen LogP contribution in [0.15, 0.2) is 65.2 Å². The molecule has 0 aliphatic carbocycles. The highest BCUT2D eigenvalue weighted by molar-refractivity contribution is 5.56. The van der Waals surface area contributed by atoms with Crippen LogP contribution in [0.25, 0.3) is 11.3 Å². The van der Waals surface area contributed by atoms with Crippen molar-refractivity contribution in [3.05, 3.63) is 66.4 Å². The van der Waals surface area contributed by atoms with Crippen molar-refractivity contribution in [2.45, 2.75) is 6.61 Å². The summed E-state index contributed by atoms with van der Waals surface area (Å²) in [6.07, 6.45) is 0. The van der Waals surface area contributed by atoms with Gasteiger partial charge in [0.05, 0.1) is 6.61 Å². The van der Waals surface area contributed by atoms with Gasteiger partial charge in [0.2, 0.25) is 0 Å². The van der Waals surface area contributed by atoms with Crippen molar-refractivity contribution >= 4 is 0 Å². The number of aliphatic hydroxyl groups excluding tert-OH is 1. The van der Waals surface area contributed by atoms with Crippen molar-refractivity contribution in [3.63, 3.8) is 0 Å². The van der Waals surface area contributed by atoms with E-state index in [9.17, 15) is 0 Å². The molecule has 0 spiro atoms. The Morgan fingerprint density at radius 2 is 1.61 bits per heavy atom. The number of benzene rings is 2. The molecule has 0 amide bonds. The van der Waals surface area contributed by atoms with Crippen LogP contribution in [-0.2, 0) is 6.61 Å². The molecule has 1 N–H and O–H groups in total. The Labute approximate surface area is 134 Å². The fourth-order valence-electron chi connectivity index (χ4n) is 2.11. The normalized spacial score (nSPS) is 10.5. The highest BCUT2D eigenvalue weighted by atomic mass is 16.5. The minimum absolute atomic E-state index is 0.0436. The first kappa shape index (κ1) is 15.1. The molecule has 0 fully saturated rings. The SMILES string of the molecule is OCCOc1ccccc1OCc1cc(-c2ccccc2)on1. The second kappa shape index (κ2) is 7.47. The van der Waals surface area contributed by atoms with Crippen LogP contribution in [-0.4, -0.2) is 23.5 Å². The minimum Gasteiger partial charge on any atom is -0.487 e. The summed E-state index contributed by atoms with van der Waals surface area (Å²) in [6, 6.07) is 18.9. The molecule has 0 aliphatic rings. The summed E-state index contributed by atoms with van der Waals surface area (Å²) in [5, 5.41) is 12.9. The maximum absolute atomic E-state index is 8.85. The highest BCUT2D eigenvalue weighted by Gasteiger charge is 2.09. The van der Waals surface area contributed by atoms with E-state index >= 15 is 0 Å². The number of ether oxygens (including phenoxy) is 2. The van der Waals surface area contributed by atoms with E-state index in [1.54, 1.807) is 6.07 Å². The van der Waals surface area contributed by atoms with E-state index in [1.807, 2.05) is 54.6 Å². The topological polar surface area (TPSA) is 64.7 Å². The van der Waals surface area contributed by atoms with Gasteiger partial charge in [-0.15, -0.1) is 0 Å². The third-order valence-corrected chi connectivity index (χ3v) is 3.19. The summed E-state index contributed by atoms with van der Waals surface area (Å²) in [4.78, 5) is 0. The van der Waals surface area contributed by atoms with Crippen molar-refractivity contribution in [2.75, 3.05) is 13.2 Å². The standard InChI is InChI=1S/C18H17NO4/c20-10-11-21-16-8-4-5-9-17(16)22-13-15-12-18(23-19-15)14-6-2-1-3-7-14/h1-9,12,20H,10-11,13H2. The van der Waals surface area contributed by atoms with Gasteiger partial charge in [-0.25, -0.2) is 0 Å². The summed E-state index contributed by atoms with van der Waals surface area (Å²) in [7, 11) is 0. The molecular weight excluding hydrogens is 294 g/mol. The molecule has 3 rings (SSSR count). The van der Waals surface area contributed by atoms with Gasteiger partial charge in [-0.2, -0.15) is 0 Å². The Kier molecular flexibility index (Phi) is 4.91. The van der Waals surface area contributed by atoms with Gasteiger partial charge in [-0.1, -0.05) is 47.6 Å². The largest absolute Gasteiger partial charge is 0.487 e. The van der Waals surface area contributed by atoms with Crippen LogP contribution in [0, 0.1) is 0 Å². The number of nitrogens with zero attached hydrogens (tertiary/aromatic N) is 1. The lowest BCUT2D eigenvalue weighted by Crippen LogP contribution is -2.04. The van der Waals surface area contributed by atoms with Gasteiger partial charge in [-0.05, 0) is 12.1 Å². The van der Waals surface area contributed by atoms with Gasteiger partial charge in [0.25, 0.3) is 0 Å². The zero-order valence-corrected chi connectivity index (χ0v) is 12.5. The lowest BCUT2D eigenvalue weighted by atomic mass is 10.2. The van der Waals surface area contributed by atoms with Crippen LogP contribution in [0.5, 0.6) is 11.5 Å². The summed E-state index contributed by atoms with van der Waals surface area (Å²) < 4.78 is 16.5. The van der Waals surface area contributed by atoms with E-state index in [-0.39, 0.29) is 19.8 Å². The number of hydrogen-bond acceptors (Lipinski definition) is 5. The highest BCUT2D eigenvalue weighted by Crippen LogP contribution is 2.27. The van der Waals surface area contributed by atoms with Crippen molar-refractivity contribution in [1.82, 2.24) is 5.16 Å². The zero-order chi connectivity index (χ0) is 15.9. The molecule has 0 unspecified atom stereocenters. The van der Waals surface area contributed by atoms with E-state index in [0.717, 1.165) is 5.56 Å². The molecule has 0 radical (unpaired) electrons. The Balaban J connectivity index is 1.66. The molecule has 5 nitrogen and oxygen atoms in total. The Hall–Kier alpha value is -2.79. The molecule has 0 atom stereocenters. The van der Waals surface area contributed by atoms with Crippen molar-refractivity contribution < 1.29 is 19.1 Å². The maximum atomic E-state index is 8.85. The number of hydrogen-bond donors (Lipinski definition) is 1. The van der Waals surface area contributed by atoms with Crippen LogP contribution in [0.2, 0.25) is 0 Å². The van der Waals surface area contributed by atoms with Crippen LogP contribution in [0.4, 0.5) is 0 Å². The quantitative estimate of drug-likeness (QED) is 0.725. The molecule has 0 saturated heterocycles. The molecule has 0 aliphatic heterocycles. The van der Waals surface area contributed by atoms with Gasteiger partial charge in [0, 0.05) is 11.6 Å². The van der Waals surface area contributed by atoms with Crippen LogP contribution >= 0.6 is 0 Å². The number of aromatic nitrogens is 1. The molecule has 2 aromatic carbocycles. The molecule has 118 valence electrons. The molecule has 5 heteroatoms. The van der Waals surface area contributed by atoms with Crippen molar-refractivity contribution in [1.29, 1.82) is 0 Å². The van der Waals surface area contributed by atoms with Gasteiger partial charge in [0.15, 0.2) is 17.3 Å².